The molecule has 0 aliphatic heterocycles. The molecule has 4 aromatic heterocycles. The number of rotatable bonds is 6. The van der Waals surface area contributed by atoms with Crippen molar-refractivity contribution in [1.82, 2.24) is 18.9 Å². The van der Waals surface area contributed by atoms with Crippen LogP contribution in [0, 0.1) is 0 Å². The Bertz CT molecular complexity index is 3250. The van der Waals surface area contributed by atoms with Crippen molar-refractivity contribution in [1.29, 1.82) is 0 Å². The fourth-order valence-electron chi connectivity index (χ4n) is 8.61. The molecular formula is C56H48N4O. The second kappa shape index (κ2) is 14.5. The fourth-order valence-corrected chi connectivity index (χ4v) is 8.61. The molecule has 61 heavy (non-hydrogen) atoms. The molecule has 0 unspecified atom stereocenters. The molecule has 0 spiro atoms. The summed E-state index contributed by atoms with van der Waals surface area (Å²) < 4.78 is 4.56. The molecule has 0 fully saturated rings. The zero-order valence-electron chi connectivity index (χ0n) is 35.5. The molecule has 0 radical (unpaired) electrons. The average Bonchev–Trinajstić information content (AvgIpc) is 3.82. The summed E-state index contributed by atoms with van der Waals surface area (Å²) >= 11 is 0. The molecule has 0 bridgehead atoms. The van der Waals surface area contributed by atoms with E-state index in [0.29, 0.717) is 11.3 Å². The van der Waals surface area contributed by atoms with Gasteiger partial charge in [-0.2, -0.15) is 0 Å². The lowest BCUT2D eigenvalue weighted by atomic mass is 9.79. The first-order chi connectivity index (χ1) is 29.4. The van der Waals surface area contributed by atoms with Crippen LogP contribution in [0.3, 0.4) is 0 Å². The van der Waals surface area contributed by atoms with Crippen molar-refractivity contribution >= 4 is 27.5 Å². The van der Waals surface area contributed by atoms with E-state index in [1.165, 1.54) is 27.4 Å². The summed E-state index contributed by atoms with van der Waals surface area (Å²) in [5, 5.41) is 13.5. The van der Waals surface area contributed by atoms with E-state index < -0.39 is 0 Å². The largest absolute Gasteiger partial charge is 0.507 e. The molecule has 298 valence electrons. The summed E-state index contributed by atoms with van der Waals surface area (Å²) in [6.07, 6.45) is 2.10. The summed E-state index contributed by atoms with van der Waals surface area (Å²) in [4.78, 5) is 10.6. The molecular weight excluding hydrogens is 745 g/mol. The highest BCUT2D eigenvalue weighted by Crippen LogP contribution is 2.41. The van der Waals surface area contributed by atoms with Crippen LogP contribution in [-0.4, -0.2) is 24.0 Å². The third-order valence-electron chi connectivity index (χ3n) is 11.9. The summed E-state index contributed by atoms with van der Waals surface area (Å²) in [6, 6.07) is 59.5. The SMILES string of the molecule is CC(C)(C)c1cc(-c2cc(-c3cccc(-c4nc5ccccn5c4-c4ccc5c6ccccc6n(-c6ccccc6)c5c4)c3)nc(-c3ccccc3O)c2)cc(C(C)(C)C)c1. The third-order valence-corrected chi connectivity index (χ3v) is 11.9. The zero-order chi connectivity index (χ0) is 42.0. The molecule has 4 heterocycles. The highest BCUT2D eigenvalue weighted by atomic mass is 16.3. The summed E-state index contributed by atoms with van der Waals surface area (Å²) in [6.45, 7) is 13.6. The molecule has 10 rings (SSSR count). The first kappa shape index (κ1) is 38.0. The quantitative estimate of drug-likeness (QED) is 0.182. The van der Waals surface area contributed by atoms with Gasteiger partial charge in [0.15, 0.2) is 0 Å². The van der Waals surface area contributed by atoms with Crippen LogP contribution in [0.15, 0.2) is 176 Å². The number of phenolic OH excluding ortho intramolecular Hbond substituents is 1. The maximum absolute atomic E-state index is 11.1. The Kier molecular flexibility index (Phi) is 9.03. The second-order valence-corrected chi connectivity index (χ2v) is 18.2. The smallest absolute Gasteiger partial charge is 0.137 e. The molecule has 1 N–H and O–H groups in total. The third kappa shape index (κ3) is 6.86. The predicted molar refractivity (Wildman–Crippen MR) is 254 cm³/mol. The van der Waals surface area contributed by atoms with Crippen molar-refractivity contribution in [2.24, 2.45) is 0 Å². The minimum atomic E-state index is -0.0465. The van der Waals surface area contributed by atoms with Gasteiger partial charge in [-0.25, -0.2) is 9.97 Å². The lowest BCUT2D eigenvalue weighted by Crippen LogP contribution is -2.16. The monoisotopic (exact) mass is 792 g/mol. The molecule has 0 saturated heterocycles. The molecule has 0 atom stereocenters. The lowest BCUT2D eigenvalue weighted by molar-refractivity contribution is 0.477. The normalized spacial score (nSPS) is 12.2. The molecule has 0 aliphatic rings. The van der Waals surface area contributed by atoms with Crippen molar-refractivity contribution in [3.63, 3.8) is 0 Å². The zero-order valence-corrected chi connectivity index (χ0v) is 35.5. The number of imidazole rings is 1. The Labute approximate surface area is 357 Å². The first-order valence-electron chi connectivity index (χ1n) is 21.0. The van der Waals surface area contributed by atoms with Gasteiger partial charge in [0.2, 0.25) is 0 Å². The van der Waals surface area contributed by atoms with Gasteiger partial charge in [-0.1, -0.05) is 145 Å². The van der Waals surface area contributed by atoms with Crippen molar-refractivity contribution < 1.29 is 5.11 Å². The molecule has 0 saturated carbocycles. The Morgan fingerprint density at radius 2 is 1.11 bits per heavy atom. The van der Waals surface area contributed by atoms with Gasteiger partial charge in [0.1, 0.15) is 11.4 Å². The van der Waals surface area contributed by atoms with E-state index in [1.54, 1.807) is 6.07 Å². The van der Waals surface area contributed by atoms with Crippen LogP contribution < -0.4 is 0 Å². The van der Waals surface area contributed by atoms with Gasteiger partial charge in [0.25, 0.3) is 0 Å². The van der Waals surface area contributed by atoms with Gasteiger partial charge in [0.05, 0.1) is 33.8 Å². The number of aromatic nitrogens is 4. The van der Waals surface area contributed by atoms with Gasteiger partial charge in [0, 0.05) is 44.9 Å². The van der Waals surface area contributed by atoms with Crippen LogP contribution in [-0.2, 0) is 10.8 Å². The molecule has 0 amide bonds. The summed E-state index contributed by atoms with van der Waals surface area (Å²) in [5.41, 5.74) is 16.1. The first-order valence-corrected chi connectivity index (χ1v) is 21.0. The number of pyridine rings is 2. The fraction of sp³-hybridized carbons (Fsp3) is 0.143. The van der Waals surface area contributed by atoms with E-state index in [4.69, 9.17) is 9.97 Å². The Balaban J connectivity index is 1.17. The van der Waals surface area contributed by atoms with E-state index >= 15 is 0 Å². The number of para-hydroxylation sites is 3. The van der Waals surface area contributed by atoms with Crippen molar-refractivity contribution in [3.05, 3.63) is 187 Å². The number of nitrogens with zero attached hydrogens (tertiary/aromatic N) is 4. The number of aromatic hydroxyl groups is 1. The highest BCUT2D eigenvalue weighted by molar-refractivity contribution is 6.10. The van der Waals surface area contributed by atoms with Crippen molar-refractivity contribution in [2.45, 2.75) is 52.4 Å². The molecule has 5 nitrogen and oxygen atoms in total. The summed E-state index contributed by atoms with van der Waals surface area (Å²) in [5.74, 6) is 0.197. The van der Waals surface area contributed by atoms with Crippen LogP contribution in [0.2, 0.25) is 0 Å². The maximum Gasteiger partial charge on any atom is 0.137 e. The van der Waals surface area contributed by atoms with Crippen LogP contribution in [0.5, 0.6) is 5.75 Å². The van der Waals surface area contributed by atoms with E-state index in [9.17, 15) is 5.11 Å². The van der Waals surface area contributed by atoms with Gasteiger partial charge >= 0.3 is 0 Å². The molecule has 5 heteroatoms. The topological polar surface area (TPSA) is 55.4 Å². The molecule has 6 aromatic carbocycles. The van der Waals surface area contributed by atoms with Gasteiger partial charge in [-0.3, -0.25) is 4.40 Å². The Morgan fingerprint density at radius 1 is 0.459 bits per heavy atom. The van der Waals surface area contributed by atoms with Gasteiger partial charge in [-0.15, -0.1) is 0 Å². The standard InChI is InChI=1S/C56H48N4O/c1-55(2,3)41-30-39(31-42(35-41)56(4,5)6)40-32-47(57-48(33-40)46-22-11-13-24-51(46)61)36-17-16-18-37(29-36)53-54(59-28-15-14-25-52(59)58-53)38-26-27-45-44-21-10-12-23-49(44)60(50(45)34-38)43-19-8-7-9-20-43/h7-35,61H,1-6H3. The van der Waals surface area contributed by atoms with Crippen LogP contribution in [0.4, 0.5) is 0 Å². The van der Waals surface area contributed by atoms with Crippen molar-refractivity contribution in [3.8, 4) is 67.6 Å². The minimum Gasteiger partial charge on any atom is -0.507 e. The number of hydrogen-bond acceptors (Lipinski definition) is 3. The van der Waals surface area contributed by atoms with E-state index in [0.717, 1.165) is 61.8 Å². The number of phenols is 1. The van der Waals surface area contributed by atoms with Crippen molar-refractivity contribution in [2.75, 3.05) is 0 Å². The van der Waals surface area contributed by atoms with Gasteiger partial charge < -0.3 is 9.67 Å². The lowest BCUT2D eigenvalue weighted by Gasteiger charge is -2.26. The molecule has 10 aromatic rings. The second-order valence-electron chi connectivity index (χ2n) is 18.2. The Hall–Kier alpha value is -7.24. The average molecular weight is 793 g/mol. The highest BCUT2D eigenvalue weighted by Gasteiger charge is 2.23. The molecule has 0 aliphatic carbocycles. The van der Waals surface area contributed by atoms with Crippen LogP contribution in [0.1, 0.15) is 52.7 Å². The van der Waals surface area contributed by atoms with Gasteiger partial charge in [-0.05, 0) is 99.8 Å². The van der Waals surface area contributed by atoms with E-state index in [2.05, 4.69) is 196 Å². The maximum atomic E-state index is 11.1. The van der Waals surface area contributed by atoms with E-state index in [1.807, 2.05) is 24.3 Å². The van der Waals surface area contributed by atoms with Crippen LogP contribution in [0.25, 0.3) is 89.3 Å². The van der Waals surface area contributed by atoms with Crippen LogP contribution >= 0.6 is 0 Å². The number of hydrogen-bond donors (Lipinski definition) is 1. The predicted octanol–water partition coefficient (Wildman–Crippen LogP) is 14.5. The summed E-state index contributed by atoms with van der Waals surface area (Å²) in [7, 11) is 0. The number of fused-ring (bicyclic) bond motifs is 4. The number of benzene rings is 6. The minimum absolute atomic E-state index is 0.0465. The Morgan fingerprint density at radius 3 is 1.89 bits per heavy atom. The van der Waals surface area contributed by atoms with E-state index in [-0.39, 0.29) is 16.6 Å².